The normalized spacial score (nSPS) is 40.2. The molecule has 4 saturated heterocycles. The van der Waals surface area contributed by atoms with Crippen LogP contribution in [0.3, 0.4) is 0 Å². The van der Waals surface area contributed by atoms with Crippen molar-refractivity contribution in [3.8, 4) is 0 Å². The standard InChI is InChI=1S/C21H33N3O4/c1-2-28-21(26)24-15-8-14(9-16(24)13-27-12-15)23-10-17-18(11-23)19(17)20(25)22-6-4-3-5-7-22/h14-19H,2-13H2,1H3. The fourth-order valence-corrected chi connectivity index (χ4v) is 6.23. The highest BCUT2D eigenvalue weighted by molar-refractivity contribution is 5.82. The van der Waals surface area contributed by atoms with Gasteiger partial charge in [-0.05, 0) is 50.9 Å². The Morgan fingerprint density at radius 3 is 2.21 bits per heavy atom. The summed E-state index contributed by atoms with van der Waals surface area (Å²) in [5.41, 5.74) is 0. The molecule has 0 aromatic heterocycles. The largest absolute Gasteiger partial charge is 0.450 e. The average molecular weight is 392 g/mol. The lowest BCUT2D eigenvalue weighted by atomic mass is 9.89. The van der Waals surface area contributed by atoms with Crippen molar-refractivity contribution in [1.82, 2.24) is 14.7 Å². The molecule has 28 heavy (non-hydrogen) atoms. The molecule has 0 aromatic rings. The third-order valence-corrected chi connectivity index (χ3v) is 7.67. The molecular weight excluding hydrogens is 358 g/mol. The van der Waals surface area contributed by atoms with E-state index in [4.69, 9.17) is 9.47 Å². The van der Waals surface area contributed by atoms with Gasteiger partial charge in [-0.25, -0.2) is 4.79 Å². The van der Waals surface area contributed by atoms with Crippen molar-refractivity contribution in [2.75, 3.05) is 46.0 Å². The van der Waals surface area contributed by atoms with Crippen molar-refractivity contribution in [3.05, 3.63) is 0 Å². The minimum Gasteiger partial charge on any atom is -0.450 e. The van der Waals surface area contributed by atoms with Gasteiger partial charge in [0.05, 0.1) is 31.9 Å². The van der Waals surface area contributed by atoms with E-state index < -0.39 is 0 Å². The van der Waals surface area contributed by atoms with Gasteiger partial charge < -0.3 is 14.4 Å². The van der Waals surface area contributed by atoms with Crippen molar-refractivity contribution in [2.24, 2.45) is 17.8 Å². The van der Waals surface area contributed by atoms with Gasteiger partial charge in [-0.3, -0.25) is 14.6 Å². The molecule has 7 nitrogen and oxygen atoms in total. The number of nitrogens with zero attached hydrogens (tertiary/aromatic N) is 3. The van der Waals surface area contributed by atoms with E-state index in [0.29, 0.717) is 43.6 Å². The van der Waals surface area contributed by atoms with E-state index in [0.717, 1.165) is 39.0 Å². The molecule has 5 fully saturated rings. The summed E-state index contributed by atoms with van der Waals surface area (Å²) in [6, 6.07) is 0.752. The lowest BCUT2D eigenvalue weighted by Crippen LogP contribution is -2.62. The van der Waals surface area contributed by atoms with Crippen molar-refractivity contribution >= 4 is 12.0 Å². The zero-order chi connectivity index (χ0) is 19.3. The van der Waals surface area contributed by atoms with Crippen LogP contribution in [0.2, 0.25) is 0 Å². The van der Waals surface area contributed by atoms with Crippen LogP contribution in [0, 0.1) is 17.8 Å². The molecule has 4 aliphatic heterocycles. The molecule has 0 spiro atoms. The molecule has 4 heterocycles. The molecule has 0 radical (unpaired) electrons. The number of piperidine rings is 3. The molecule has 5 rings (SSSR count). The third kappa shape index (κ3) is 3.20. The highest BCUT2D eigenvalue weighted by Gasteiger charge is 2.61. The number of amides is 2. The number of likely N-dealkylation sites (tertiary alicyclic amines) is 2. The van der Waals surface area contributed by atoms with Gasteiger partial charge >= 0.3 is 6.09 Å². The monoisotopic (exact) mass is 391 g/mol. The summed E-state index contributed by atoms with van der Waals surface area (Å²) in [5.74, 6) is 1.84. The van der Waals surface area contributed by atoms with E-state index in [9.17, 15) is 9.59 Å². The molecule has 4 atom stereocenters. The van der Waals surface area contributed by atoms with Gasteiger partial charge in [0.2, 0.25) is 5.91 Å². The van der Waals surface area contributed by atoms with E-state index >= 15 is 0 Å². The van der Waals surface area contributed by atoms with Gasteiger partial charge in [0.15, 0.2) is 0 Å². The van der Waals surface area contributed by atoms with E-state index in [1.54, 1.807) is 0 Å². The number of carbonyl (C=O) groups excluding carboxylic acids is 2. The Balaban J connectivity index is 1.17. The smallest absolute Gasteiger partial charge is 0.410 e. The predicted molar refractivity (Wildman–Crippen MR) is 103 cm³/mol. The predicted octanol–water partition coefficient (Wildman–Crippen LogP) is 1.57. The van der Waals surface area contributed by atoms with Gasteiger partial charge in [-0.15, -0.1) is 0 Å². The van der Waals surface area contributed by atoms with Gasteiger partial charge in [0.1, 0.15) is 0 Å². The molecule has 4 unspecified atom stereocenters. The number of rotatable bonds is 3. The van der Waals surface area contributed by atoms with Crippen molar-refractivity contribution in [3.63, 3.8) is 0 Å². The van der Waals surface area contributed by atoms with E-state index in [1.807, 2.05) is 11.8 Å². The minimum atomic E-state index is -0.185. The van der Waals surface area contributed by atoms with Crippen LogP contribution in [0.15, 0.2) is 0 Å². The zero-order valence-electron chi connectivity index (χ0n) is 16.9. The topological polar surface area (TPSA) is 62.3 Å². The lowest BCUT2D eigenvalue weighted by Gasteiger charge is -2.49. The summed E-state index contributed by atoms with van der Waals surface area (Å²) >= 11 is 0. The summed E-state index contributed by atoms with van der Waals surface area (Å²) in [4.78, 5) is 31.8. The van der Waals surface area contributed by atoms with Gasteiger partial charge in [0, 0.05) is 38.1 Å². The highest BCUT2D eigenvalue weighted by Crippen LogP contribution is 2.54. The average Bonchev–Trinajstić information content (AvgIpc) is 3.20. The summed E-state index contributed by atoms with van der Waals surface area (Å²) in [7, 11) is 0. The van der Waals surface area contributed by atoms with Gasteiger partial charge in [-0.2, -0.15) is 0 Å². The number of ether oxygens (including phenoxy) is 2. The molecule has 5 aliphatic rings. The number of carbonyl (C=O) groups is 2. The number of hydrogen-bond donors (Lipinski definition) is 0. The Labute approximate surface area is 167 Å². The first-order chi connectivity index (χ1) is 13.7. The molecule has 156 valence electrons. The van der Waals surface area contributed by atoms with Crippen LogP contribution >= 0.6 is 0 Å². The summed E-state index contributed by atoms with van der Waals surface area (Å²) in [5, 5.41) is 0. The molecule has 7 heteroatoms. The number of fused-ring (bicyclic) bond motifs is 3. The second kappa shape index (κ2) is 7.48. The van der Waals surface area contributed by atoms with Crippen LogP contribution in [-0.4, -0.2) is 90.8 Å². The van der Waals surface area contributed by atoms with Crippen molar-refractivity contribution < 1.29 is 19.1 Å². The molecule has 1 saturated carbocycles. The molecule has 2 bridgehead atoms. The Bertz CT molecular complexity index is 597. The van der Waals surface area contributed by atoms with Gasteiger partial charge in [0.25, 0.3) is 0 Å². The quantitative estimate of drug-likeness (QED) is 0.731. The van der Waals surface area contributed by atoms with Crippen LogP contribution in [0.4, 0.5) is 4.79 Å². The molecule has 0 N–H and O–H groups in total. The second-order valence-corrected chi connectivity index (χ2v) is 9.27. The first-order valence-corrected chi connectivity index (χ1v) is 11.2. The maximum Gasteiger partial charge on any atom is 0.410 e. The van der Waals surface area contributed by atoms with Crippen molar-refractivity contribution in [2.45, 2.75) is 57.2 Å². The third-order valence-electron chi connectivity index (χ3n) is 7.67. The number of morpholine rings is 1. The fourth-order valence-electron chi connectivity index (χ4n) is 6.23. The first kappa shape index (κ1) is 18.7. The Morgan fingerprint density at radius 2 is 1.61 bits per heavy atom. The summed E-state index contributed by atoms with van der Waals surface area (Å²) in [6.07, 6.45) is 5.34. The summed E-state index contributed by atoms with van der Waals surface area (Å²) in [6.45, 7) is 7.54. The molecule has 1 aliphatic carbocycles. The van der Waals surface area contributed by atoms with Crippen LogP contribution in [0.25, 0.3) is 0 Å². The Morgan fingerprint density at radius 1 is 0.964 bits per heavy atom. The Kier molecular flexibility index (Phi) is 4.99. The van der Waals surface area contributed by atoms with Gasteiger partial charge in [-0.1, -0.05) is 0 Å². The highest BCUT2D eigenvalue weighted by atomic mass is 16.6. The minimum absolute atomic E-state index is 0.124. The molecular formula is C21H33N3O4. The lowest BCUT2D eigenvalue weighted by molar-refractivity contribution is -0.134. The van der Waals surface area contributed by atoms with E-state index in [1.165, 1.54) is 19.3 Å². The fraction of sp³-hybridized carbons (Fsp3) is 0.905. The van der Waals surface area contributed by atoms with Crippen LogP contribution in [0.5, 0.6) is 0 Å². The second-order valence-electron chi connectivity index (χ2n) is 9.27. The number of hydrogen-bond acceptors (Lipinski definition) is 5. The molecule has 2 amide bonds. The molecule has 0 aromatic carbocycles. The van der Waals surface area contributed by atoms with E-state index in [-0.39, 0.29) is 24.1 Å². The van der Waals surface area contributed by atoms with E-state index in [2.05, 4.69) is 9.80 Å². The SMILES string of the molecule is CCOC(=O)N1C2COCC1CC(N1CC3C(C1)C3C(=O)N1CCCCC1)C2. The maximum absolute atomic E-state index is 12.8. The zero-order valence-corrected chi connectivity index (χ0v) is 16.9. The van der Waals surface area contributed by atoms with Crippen molar-refractivity contribution in [1.29, 1.82) is 0 Å². The van der Waals surface area contributed by atoms with Crippen LogP contribution in [-0.2, 0) is 14.3 Å². The Hall–Kier alpha value is -1.34. The van der Waals surface area contributed by atoms with Crippen LogP contribution in [0.1, 0.15) is 39.0 Å². The summed E-state index contributed by atoms with van der Waals surface area (Å²) < 4.78 is 11.0. The maximum atomic E-state index is 12.8. The van der Waals surface area contributed by atoms with Crippen LogP contribution < -0.4 is 0 Å². The first-order valence-electron chi connectivity index (χ1n) is 11.2.